The molecule has 1 N–H and O–H groups in total. The number of carbonyl (C=O) groups is 1. The highest BCUT2D eigenvalue weighted by atomic mass is 16.5. The molecule has 7 nitrogen and oxygen atoms in total. The molecule has 198 valence electrons. The Kier molecular flexibility index (Phi) is 9.82. The number of aromatic nitrogens is 1. The Bertz CT molecular complexity index is 984. The van der Waals surface area contributed by atoms with Crippen molar-refractivity contribution in [3.05, 3.63) is 30.0 Å². The molecular formula is C29H43N3O4. The van der Waals surface area contributed by atoms with Gasteiger partial charge in [-0.2, -0.15) is 0 Å². The molecule has 0 unspecified atom stereocenters. The molecular weight excluding hydrogens is 454 g/mol. The Morgan fingerprint density at radius 2 is 1.92 bits per heavy atom. The zero-order valence-electron chi connectivity index (χ0n) is 22.3. The van der Waals surface area contributed by atoms with Crippen LogP contribution in [0.4, 0.5) is 0 Å². The van der Waals surface area contributed by atoms with Crippen LogP contribution in [-0.2, 0) is 4.74 Å². The molecule has 1 aliphatic heterocycles. The first-order valence-electron chi connectivity index (χ1n) is 13.8. The van der Waals surface area contributed by atoms with E-state index in [1.807, 2.05) is 23.1 Å². The van der Waals surface area contributed by atoms with Crippen LogP contribution in [0.1, 0.15) is 69.3 Å². The van der Waals surface area contributed by atoms with Gasteiger partial charge in [0, 0.05) is 37.7 Å². The van der Waals surface area contributed by atoms with Crippen LogP contribution in [0.3, 0.4) is 0 Å². The van der Waals surface area contributed by atoms with Crippen molar-refractivity contribution in [2.24, 2.45) is 11.8 Å². The number of ether oxygens (including phenoxy) is 3. The van der Waals surface area contributed by atoms with E-state index in [1.165, 1.54) is 32.1 Å². The van der Waals surface area contributed by atoms with Crippen LogP contribution < -0.4 is 14.8 Å². The summed E-state index contributed by atoms with van der Waals surface area (Å²) in [7, 11) is 1.65. The standard InChI is InChI=1S/C29H43N3O4/c1-21(2)19-32(23-11-8-14-30-18-23)29(33)25-17-27(35-16-15-34-3)24-12-7-13-26(28(24)31-25)36-20-22-9-5-4-6-10-22/h7,12-13,17,21-23,30H,4-6,8-11,14-16,18-20H2,1-3H3/t23-/m1/s1. The fourth-order valence-corrected chi connectivity index (χ4v) is 5.37. The molecule has 7 heteroatoms. The number of rotatable bonds is 11. The minimum Gasteiger partial charge on any atom is -0.491 e. The van der Waals surface area contributed by atoms with Gasteiger partial charge in [-0.15, -0.1) is 0 Å². The molecule has 2 aliphatic rings. The smallest absolute Gasteiger partial charge is 0.272 e. The van der Waals surface area contributed by atoms with Crippen LogP contribution in [0, 0.1) is 11.8 Å². The molecule has 1 amide bonds. The number of carbonyl (C=O) groups excluding carboxylic acids is 1. The van der Waals surface area contributed by atoms with Crippen molar-refractivity contribution in [2.45, 2.75) is 64.8 Å². The Balaban J connectivity index is 1.67. The zero-order chi connectivity index (χ0) is 25.3. The van der Waals surface area contributed by atoms with Crippen LogP contribution >= 0.6 is 0 Å². The normalized spacial score (nSPS) is 18.9. The fraction of sp³-hybridized carbons (Fsp3) is 0.655. The number of fused-ring (bicyclic) bond motifs is 1. The summed E-state index contributed by atoms with van der Waals surface area (Å²) in [5.74, 6) is 2.27. The number of hydrogen-bond acceptors (Lipinski definition) is 6. The molecule has 1 saturated carbocycles. The second kappa shape index (κ2) is 13.2. The second-order valence-corrected chi connectivity index (χ2v) is 10.7. The lowest BCUT2D eigenvalue weighted by Crippen LogP contribution is -2.50. The van der Waals surface area contributed by atoms with Crippen molar-refractivity contribution >= 4 is 16.8 Å². The van der Waals surface area contributed by atoms with Gasteiger partial charge in [-0.05, 0) is 56.2 Å². The van der Waals surface area contributed by atoms with Crippen molar-refractivity contribution in [1.82, 2.24) is 15.2 Å². The number of methoxy groups -OCH3 is 1. The Morgan fingerprint density at radius 1 is 1.08 bits per heavy atom. The highest BCUT2D eigenvalue weighted by molar-refractivity contribution is 5.98. The Morgan fingerprint density at radius 3 is 2.64 bits per heavy atom. The fourth-order valence-electron chi connectivity index (χ4n) is 5.37. The summed E-state index contributed by atoms with van der Waals surface area (Å²) < 4.78 is 17.6. The molecule has 2 heterocycles. The van der Waals surface area contributed by atoms with Crippen molar-refractivity contribution in [3.8, 4) is 11.5 Å². The highest BCUT2D eigenvalue weighted by Crippen LogP contribution is 2.33. The molecule has 2 aromatic rings. The first kappa shape index (κ1) is 26.7. The van der Waals surface area contributed by atoms with Gasteiger partial charge in [-0.1, -0.05) is 39.2 Å². The van der Waals surface area contributed by atoms with Gasteiger partial charge in [0.2, 0.25) is 0 Å². The first-order valence-corrected chi connectivity index (χ1v) is 13.8. The molecule has 36 heavy (non-hydrogen) atoms. The summed E-state index contributed by atoms with van der Waals surface area (Å²) in [6.45, 7) is 8.39. The minimum absolute atomic E-state index is 0.0435. The van der Waals surface area contributed by atoms with E-state index in [2.05, 4.69) is 19.2 Å². The molecule has 1 aromatic heterocycles. The number of amides is 1. The van der Waals surface area contributed by atoms with Gasteiger partial charge < -0.3 is 24.4 Å². The van der Waals surface area contributed by atoms with Crippen molar-refractivity contribution in [1.29, 1.82) is 0 Å². The third-order valence-corrected chi connectivity index (χ3v) is 7.26. The van der Waals surface area contributed by atoms with Crippen LogP contribution in [0.5, 0.6) is 11.5 Å². The van der Waals surface area contributed by atoms with Gasteiger partial charge >= 0.3 is 0 Å². The van der Waals surface area contributed by atoms with Gasteiger partial charge in [0.05, 0.1) is 13.2 Å². The Hall–Kier alpha value is -2.38. The average Bonchev–Trinajstić information content (AvgIpc) is 2.91. The summed E-state index contributed by atoms with van der Waals surface area (Å²) in [5, 5.41) is 4.31. The first-order chi connectivity index (χ1) is 17.6. The van der Waals surface area contributed by atoms with E-state index in [1.54, 1.807) is 13.2 Å². The van der Waals surface area contributed by atoms with Crippen LogP contribution in [0.15, 0.2) is 24.3 Å². The summed E-state index contributed by atoms with van der Waals surface area (Å²) in [5.41, 5.74) is 1.10. The lowest BCUT2D eigenvalue weighted by atomic mass is 9.90. The third kappa shape index (κ3) is 6.88. The van der Waals surface area contributed by atoms with E-state index in [9.17, 15) is 4.79 Å². The van der Waals surface area contributed by atoms with E-state index in [4.69, 9.17) is 19.2 Å². The summed E-state index contributed by atoms with van der Waals surface area (Å²) in [6, 6.07) is 7.89. The summed E-state index contributed by atoms with van der Waals surface area (Å²) in [4.78, 5) is 20.8. The van der Waals surface area contributed by atoms with E-state index in [0.29, 0.717) is 55.2 Å². The van der Waals surface area contributed by atoms with Crippen LogP contribution in [-0.4, -0.2) is 68.4 Å². The molecule has 4 rings (SSSR count). The van der Waals surface area contributed by atoms with Gasteiger partial charge in [0.1, 0.15) is 29.3 Å². The monoisotopic (exact) mass is 497 g/mol. The van der Waals surface area contributed by atoms with Crippen molar-refractivity contribution in [3.63, 3.8) is 0 Å². The lowest BCUT2D eigenvalue weighted by Gasteiger charge is -2.35. The van der Waals surface area contributed by atoms with E-state index in [-0.39, 0.29) is 11.9 Å². The maximum Gasteiger partial charge on any atom is 0.272 e. The quantitative estimate of drug-likeness (QED) is 0.437. The number of hydrogen-bond donors (Lipinski definition) is 1. The number of nitrogens with zero attached hydrogens (tertiary/aromatic N) is 2. The van der Waals surface area contributed by atoms with E-state index >= 15 is 0 Å². The number of piperidine rings is 1. The maximum absolute atomic E-state index is 13.9. The number of benzene rings is 1. The van der Waals surface area contributed by atoms with Crippen LogP contribution in [0.25, 0.3) is 10.9 Å². The molecule has 2 fully saturated rings. The highest BCUT2D eigenvalue weighted by Gasteiger charge is 2.29. The predicted octanol–water partition coefficient (Wildman–Crippen LogP) is 5.07. The Labute approximate surface area is 215 Å². The molecule has 0 radical (unpaired) electrons. The van der Waals surface area contributed by atoms with Gasteiger partial charge in [0.15, 0.2) is 0 Å². The molecule has 0 spiro atoms. The molecule has 1 aliphatic carbocycles. The van der Waals surface area contributed by atoms with Crippen LogP contribution in [0.2, 0.25) is 0 Å². The van der Waals surface area contributed by atoms with Gasteiger partial charge in [-0.3, -0.25) is 4.79 Å². The summed E-state index contributed by atoms with van der Waals surface area (Å²) >= 11 is 0. The molecule has 1 saturated heterocycles. The SMILES string of the molecule is COCCOc1cc(C(=O)N(CC(C)C)[C@@H]2CCCNC2)nc2c(OCC3CCCCC3)cccc12. The molecule has 0 bridgehead atoms. The molecule has 1 aromatic carbocycles. The molecule has 1 atom stereocenters. The van der Waals surface area contributed by atoms with E-state index in [0.717, 1.165) is 37.1 Å². The van der Waals surface area contributed by atoms with E-state index < -0.39 is 0 Å². The zero-order valence-corrected chi connectivity index (χ0v) is 22.3. The largest absolute Gasteiger partial charge is 0.491 e. The van der Waals surface area contributed by atoms with Gasteiger partial charge in [0.25, 0.3) is 5.91 Å². The predicted molar refractivity (Wildman–Crippen MR) is 143 cm³/mol. The lowest BCUT2D eigenvalue weighted by molar-refractivity contribution is 0.0614. The number of para-hydroxylation sites is 1. The van der Waals surface area contributed by atoms with Gasteiger partial charge in [-0.25, -0.2) is 4.98 Å². The number of nitrogens with one attached hydrogen (secondary N) is 1. The number of pyridine rings is 1. The summed E-state index contributed by atoms with van der Waals surface area (Å²) in [6.07, 6.45) is 8.39. The van der Waals surface area contributed by atoms with Crippen molar-refractivity contribution in [2.75, 3.05) is 46.6 Å². The maximum atomic E-state index is 13.9. The average molecular weight is 498 g/mol. The minimum atomic E-state index is -0.0435. The van der Waals surface area contributed by atoms with Crippen molar-refractivity contribution < 1.29 is 19.0 Å². The third-order valence-electron chi connectivity index (χ3n) is 7.26. The second-order valence-electron chi connectivity index (χ2n) is 10.7. The topological polar surface area (TPSA) is 72.9 Å².